The van der Waals surface area contributed by atoms with E-state index in [1.54, 1.807) is 0 Å². The van der Waals surface area contributed by atoms with E-state index in [-0.39, 0.29) is 0 Å². The van der Waals surface area contributed by atoms with Gasteiger partial charge in [-0.05, 0) is 49.5 Å². The van der Waals surface area contributed by atoms with Gasteiger partial charge in [0.15, 0.2) is 5.11 Å². The maximum atomic E-state index is 5.40. The molecule has 2 rings (SSSR count). The third-order valence-corrected chi connectivity index (χ3v) is 3.89. The lowest BCUT2D eigenvalue weighted by Crippen LogP contribution is -2.40. The van der Waals surface area contributed by atoms with Gasteiger partial charge in [0.05, 0.1) is 6.04 Å². The minimum absolute atomic E-state index is 0.437. The Kier molecular flexibility index (Phi) is 4.00. The van der Waals surface area contributed by atoms with Crippen molar-refractivity contribution in [2.45, 2.75) is 32.2 Å². The topological polar surface area (TPSA) is 15.3 Å². The highest BCUT2D eigenvalue weighted by atomic mass is 32.1. The van der Waals surface area contributed by atoms with Crippen LogP contribution < -0.4 is 5.32 Å². The van der Waals surface area contributed by atoms with Crippen LogP contribution in [0.15, 0.2) is 24.3 Å². The molecule has 0 unspecified atom stereocenters. The van der Waals surface area contributed by atoms with Crippen molar-refractivity contribution in [2.75, 3.05) is 13.6 Å². The van der Waals surface area contributed by atoms with Gasteiger partial charge in [-0.3, -0.25) is 0 Å². The van der Waals surface area contributed by atoms with E-state index < -0.39 is 0 Å². The summed E-state index contributed by atoms with van der Waals surface area (Å²) in [6.07, 6.45) is 3.65. The zero-order valence-corrected chi connectivity index (χ0v) is 11.4. The molecule has 1 aliphatic rings. The largest absolute Gasteiger partial charge is 0.363 e. The quantitative estimate of drug-likeness (QED) is 0.810. The third kappa shape index (κ3) is 2.60. The predicted molar refractivity (Wildman–Crippen MR) is 76.2 cm³/mol. The first-order valence-corrected chi connectivity index (χ1v) is 6.73. The minimum Gasteiger partial charge on any atom is -0.363 e. The predicted octanol–water partition coefficient (Wildman–Crippen LogP) is 2.89. The highest BCUT2D eigenvalue weighted by molar-refractivity contribution is 7.80. The Morgan fingerprint density at radius 2 is 2.24 bits per heavy atom. The van der Waals surface area contributed by atoms with E-state index in [9.17, 15) is 0 Å². The van der Waals surface area contributed by atoms with Crippen molar-refractivity contribution in [3.8, 4) is 0 Å². The van der Waals surface area contributed by atoms with Gasteiger partial charge in [-0.1, -0.05) is 24.3 Å². The average Bonchev–Trinajstić information content (AvgIpc) is 2.37. The molecule has 1 aliphatic carbocycles. The SMILES string of the molecule is CCNC(=S)N(C)[C@@H]1CCCc2ccccc21. The number of aryl methyl sites for hydroxylation is 1. The fourth-order valence-corrected chi connectivity index (χ4v) is 2.82. The van der Waals surface area contributed by atoms with E-state index in [1.165, 1.54) is 30.4 Å². The lowest BCUT2D eigenvalue weighted by Gasteiger charge is -2.34. The third-order valence-electron chi connectivity index (χ3n) is 3.45. The molecule has 0 amide bonds. The van der Waals surface area contributed by atoms with Gasteiger partial charge in [-0.25, -0.2) is 0 Å². The second-order valence-corrected chi connectivity index (χ2v) is 4.94. The normalized spacial score (nSPS) is 18.4. The number of hydrogen-bond donors (Lipinski definition) is 1. The van der Waals surface area contributed by atoms with Crippen LogP contribution in [0.25, 0.3) is 0 Å². The maximum Gasteiger partial charge on any atom is 0.169 e. The molecule has 1 atom stereocenters. The van der Waals surface area contributed by atoms with Gasteiger partial charge >= 0.3 is 0 Å². The molecule has 0 aliphatic heterocycles. The van der Waals surface area contributed by atoms with E-state index >= 15 is 0 Å². The highest BCUT2D eigenvalue weighted by Gasteiger charge is 2.24. The molecule has 1 aromatic rings. The molecule has 0 heterocycles. The molecule has 0 saturated carbocycles. The van der Waals surface area contributed by atoms with Crippen molar-refractivity contribution in [3.05, 3.63) is 35.4 Å². The molecule has 92 valence electrons. The number of benzene rings is 1. The second-order valence-electron chi connectivity index (χ2n) is 4.55. The number of nitrogens with one attached hydrogen (secondary N) is 1. The lowest BCUT2D eigenvalue weighted by molar-refractivity contribution is 0.328. The van der Waals surface area contributed by atoms with Crippen molar-refractivity contribution in [1.82, 2.24) is 10.2 Å². The lowest BCUT2D eigenvalue weighted by atomic mass is 9.87. The summed E-state index contributed by atoms with van der Waals surface area (Å²) in [6.45, 7) is 2.96. The Labute approximate surface area is 109 Å². The Hall–Kier alpha value is -1.09. The van der Waals surface area contributed by atoms with E-state index in [0.29, 0.717) is 6.04 Å². The monoisotopic (exact) mass is 248 g/mol. The molecular formula is C14H20N2S. The molecule has 1 aromatic carbocycles. The van der Waals surface area contributed by atoms with Crippen LogP contribution in [-0.2, 0) is 6.42 Å². The van der Waals surface area contributed by atoms with E-state index in [1.807, 2.05) is 0 Å². The van der Waals surface area contributed by atoms with Crippen LogP contribution >= 0.6 is 12.2 Å². The number of nitrogens with zero attached hydrogens (tertiary/aromatic N) is 1. The van der Waals surface area contributed by atoms with Crippen LogP contribution in [0.4, 0.5) is 0 Å². The smallest absolute Gasteiger partial charge is 0.169 e. The Bertz CT molecular complexity index is 403. The van der Waals surface area contributed by atoms with Crippen LogP contribution in [0.3, 0.4) is 0 Å². The minimum atomic E-state index is 0.437. The van der Waals surface area contributed by atoms with Gasteiger partial charge in [0, 0.05) is 13.6 Å². The molecule has 1 N–H and O–H groups in total. The van der Waals surface area contributed by atoms with Gasteiger partial charge in [0.25, 0.3) is 0 Å². The molecule has 17 heavy (non-hydrogen) atoms. The summed E-state index contributed by atoms with van der Waals surface area (Å²) < 4.78 is 0. The molecule has 2 nitrogen and oxygen atoms in total. The van der Waals surface area contributed by atoms with Crippen LogP contribution in [0.2, 0.25) is 0 Å². The van der Waals surface area contributed by atoms with Crippen molar-refractivity contribution < 1.29 is 0 Å². The van der Waals surface area contributed by atoms with Crippen LogP contribution in [0.1, 0.15) is 36.9 Å². The van der Waals surface area contributed by atoms with Crippen LogP contribution in [0.5, 0.6) is 0 Å². The fourth-order valence-electron chi connectivity index (χ4n) is 2.55. The Balaban J connectivity index is 2.20. The molecule has 0 radical (unpaired) electrons. The van der Waals surface area contributed by atoms with Gasteiger partial charge in [0.2, 0.25) is 0 Å². The van der Waals surface area contributed by atoms with Crippen molar-refractivity contribution >= 4 is 17.3 Å². The first kappa shape index (κ1) is 12.4. The summed E-state index contributed by atoms with van der Waals surface area (Å²) in [5, 5.41) is 4.09. The summed E-state index contributed by atoms with van der Waals surface area (Å²) in [7, 11) is 2.10. The molecule has 0 bridgehead atoms. The first-order valence-electron chi connectivity index (χ1n) is 6.32. The fraction of sp³-hybridized carbons (Fsp3) is 0.500. The average molecular weight is 248 g/mol. The van der Waals surface area contributed by atoms with Crippen molar-refractivity contribution in [1.29, 1.82) is 0 Å². The van der Waals surface area contributed by atoms with Gasteiger partial charge in [-0.2, -0.15) is 0 Å². The molecule has 3 heteroatoms. The zero-order valence-electron chi connectivity index (χ0n) is 10.6. The molecule has 0 spiro atoms. The molecular weight excluding hydrogens is 228 g/mol. The summed E-state index contributed by atoms with van der Waals surface area (Å²) >= 11 is 5.40. The maximum absolute atomic E-state index is 5.40. The molecule has 0 fully saturated rings. The standard InChI is InChI=1S/C14H20N2S/c1-3-15-14(17)16(2)13-10-6-8-11-7-4-5-9-12(11)13/h4-5,7,9,13H,3,6,8,10H2,1-2H3,(H,15,17)/t13-/m1/s1. The second kappa shape index (κ2) is 5.50. The number of fused-ring (bicyclic) bond motifs is 1. The summed E-state index contributed by atoms with van der Waals surface area (Å²) in [6, 6.07) is 9.17. The Morgan fingerprint density at radius 3 is 3.00 bits per heavy atom. The first-order chi connectivity index (χ1) is 8.24. The highest BCUT2D eigenvalue weighted by Crippen LogP contribution is 2.33. The van der Waals surface area contributed by atoms with Gasteiger partial charge in [0.1, 0.15) is 0 Å². The molecule has 0 aromatic heterocycles. The van der Waals surface area contributed by atoms with Crippen molar-refractivity contribution in [2.24, 2.45) is 0 Å². The van der Waals surface area contributed by atoms with E-state index in [0.717, 1.165) is 11.7 Å². The van der Waals surface area contributed by atoms with E-state index in [4.69, 9.17) is 12.2 Å². The summed E-state index contributed by atoms with van der Waals surface area (Å²) in [5.41, 5.74) is 2.93. The van der Waals surface area contributed by atoms with Crippen LogP contribution in [-0.4, -0.2) is 23.6 Å². The zero-order chi connectivity index (χ0) is 12.3. The van der Waals surface area contributed by atoms with E-state index in [2.05, 4.69) is 48.5 Å². The Morgan fingerprint density at radius 1 is 1.47 bits per heavy atom. The van der Waals surface area contributed by atoms with Crippen LogP contribution in [0, 0.1) is 0 Å². The summed E-state index contributed by atoms with van der Waals surface area (Å²) in [4.78, 5) is 2.21. The van der Waals surface area contributed by atoms with Gasteiger partial charge in [-0.15, -0.1) is 0 Å². The molecule has 0 saturated heterocycles. The number of hydrogen-bond acceptors (Lipinski definition) is 1. The number of thiocarbonyl (C=S) groups is 1. The van der Waals surface area contributed by atoms with Crippen molar-refractivity contribution in [3.63, 3.8) is 0 Å². The summed E-state index contributed by atoms with van der Waals surface area (Å²) in [5.74, 6) is 0. The van der Waals surface area contributed by atoms with Gasteiger partial charge < -0.3 is 10.2 Å². The number of rotatable bonds is 2.